The molecular formula is C17H20ClF3N2O3S. The normalized spacial score (nSPS) is 20.7. The van der Waals surface area contributed by atoms with Gasteiger partial charge in [0.15, 0.2) is 10.9 Å². The number of carbonyl (C=O) groups is 1. The number of Topliss-reactive ketones (excluding diaryl/α,β-unsaturated/α-hetero) is 1. The molecule has 1 aromatic heterocycles. The fraction of sp³-hybridized carbons (Fsp3) is 0.529. The minimum atomic E-state index is -5.09. The third-order valence-electron chi connectivity index (χ3n) is 4.02. The van der Waals surface area contributed by atoms with Gasteiger partial charge in [-0.25, -0.2) is 4.98 Å². The third-order valence-corrected chi connectivity index (χ3v) is 5.96. The van der Waals surface area contributed by atoms with Gasteiger partial charge >= 0.3 is 6.18 Å². The first-order valence-corrected chi connectivity index (χ1v) is 9.60. The average molecular weight is 425 g/mol. The Kier molecular flexibility index (Phi) is 6.21. The molecule has 1 aliphatic rings. The van der Waals surface area contributed by atoms with Gasteiger partial charge in [0.25, 0.3) is 5.78 Å². The summed E-state index contributed by atoms with van der Waals surface area (Å²) in [6.07, 6.45) is -2.65. The van der Waals surface area contributed by atoms with E-state index in [1.165, 1.54) is 0 Å². The molecule has 0 spiro atoms. The lowest BCUT2D eigenvalue weighted by atomic mass is 9.88. The number of hydrogen-bond acceptors (Lipinski definition) is 5. The van der Waals surface area contributed by atoms with Gasteiger partial charge in [0, 0.05) is 16.9 Å². The van der Waals surface area contributed by atoms with E-state index < -0.39 is 39.3 Å². The third kappa shape index (κ3) is 4.59. The zero-order valence-electron chi connectivity index (χ0n) is 15.1. The Labute approximate surface area is 163 Å². The van der Waals surface area contributed by atoms with Crippen molar-refractivity contribution in [2.45, 2.75) is 50.1 Å². The van der Waals surface area contributed by atoms with Crippen LogP contribution in [0.25, 0.3) is 0 Å². The smallest absolute Gasteiger partial charge is 0.456 e. The van der Waals surface area contributed by atoms with Gasteiger partial charge in [-0.1, -0.05) is 17.7 Å². The minimum Gasteiger partial charge on any atom is -0.598 e. The molecule has 0 bridgehead atoms. The van der Waals surface area contributed by atoms with Gasteiger partial charge in [-0.05, 0) is 39.7 Å². The Morgan fingerprint density at radius 3 is 2.67 bits per heavy atom. The Morgan fingerprint density at radius 2 is 2.15 bits per heavy atom. The number of ether oxygens (including phenoxy) is 1. The molecule has 1 aliphatic heterocycles. The molecule has 0 fully saturated rings. The Morgan fingerprint density at radius 1 is 1.52 bits per heavy atom. The molecule has 0 aliphatic carbocycles. The van der Waals surface area contributed by atoms with Gasteiger partial charge in [0.2, 0.25) is 0 Å². The topological polar surface area (TPSA) is 74.3 Å². The molecule has 27 heavy (non-hydrogen) atoms. The second kappa shape index (κ2) is 7.62. The van der Waals surface area contributed by atoms with Crippen molar-refractivity contribution in [2.75, 3.05) is 6.61 Å². The highest BCUT2D eigenvalue weighted by Gasteiger charge is 2.49. The van der Waals surface area contributed by atoms with Gasteiger partial charge in [0.05, 0.1) is 0 Å². The first-order chi connectivity index (χ1) is 12.3. The van der Waals surface area contributed by atoms with E-state index >= 15 is 0 Å². The predicted molar refractivity (Wildman–Crippen MR) is 97.3 cm³/mol. The van der Waals surface area contributed by atoms with Gasteiger partial charge in [0.1, 0.15) is 22.6 Å². The van der Waals surface area contributed by atoms with Crippen LogP contribution in [0.4, 0.5) is 13.2 Å². The van der Waals surface area contributed by atoms with E-state index in [9.17, 15) is 22.5 Å². The van der Waals surface area contributed by atoms with Crippen LogP contribution in [-0.4, -0.2) is 32.9 Å². The van der Waals surface area contributed by atoms with E-state index in [0.29, 0.717) is 12.8 Å². The van der Waals surface area contributed by atoms with Crippen molar-refractivity contribution in [3.63, 3.8) is 0 Å². The second-order valence-electron chi connectivity index (χ2n) is 7.18. The van der Waals surface area contributed by atoms with Crippen molar-refractivity contribution < 1.29 is 27.3 Å². The van der Waals surface area contributed by atoms with E-state index in [1.54, 1.807) is 26.8 Å². The quantitative estimate of drug-likeness (QED) is 0.322. The molecule has 150 valence electrons. The Hall–Kier alpha value is -1.29. The highest BCUT2D eigenvalue weighted by atomic mass is 35.5. The lowest BCUT2D eigenvalue weighted by molar-refractivity contribution is -0.0888. The summed E-state index contributed by atoms with van der Waals surface area (Å²) in [6.45, 7) is 8.90. The van der Waals surface area contributed by atoms with E-state index in [4.69, 9.17) is 16.3 Å². The molecule has 2 rings (SSSR count). The summed E-state index contributed by atoms with van der Waals surface area (Å²) in [5, 5.41) is -0.344. The lowest BCUT2D eigenvalue weighted by Crippen LogP contribution is -2.52. The zero-order valence-corrected chi connectivity index (χ0v) is 16.6. The summed E-state index contributed by atoms with van der Waals surface area (Å²) in [6, 6.07) is 1.01. The van der Waals surface area contributed by atoms with Gasteiger partial charge in [-0.15, -0.1) is 11.3 Å². The maximum Gasteiger partial charge on any atom is 0.456 e. The predicted octanol–water partition coefficient (Wildman–Crippen LogP) is 4.09. The molecule has 2 atom stereocenters. The number of hydrogen-bond donors (Lipinski definition) is 1. The summed E-state index contributed by atoms with van der Waals surface area (Å²) < 4.78 is 59.1. The Balaban J connectivity index is 2.56. The lowest BCUT2D eigenvalue weighted by Gasteiger charge is -2.34. The van der Waals surface area contributed by atoms with Crippen molar-refractivity contribution in [1.82, 2.24) is 9.71 Å². The van der Waals surface area contributed by atoms with Crippen molar-refractivity contribution in [3.8, 4) is 5.75 Å². The largest absolute Gasteiger partial charge is 0.598 e. The van der Waals surface area contributed by atoms with Crippen molar-refractivity contribution in [3.05, 3.63) is 35.1 Å². The molecule has 0 radical (unpaired) electrons. The molecule has 1 N–H and O–H groups in total. The van der Waals surface area contributed by atoms with Gasteiger partial charge < -0.3 is 9.29 Å². The molecule has 5 nitrogen and oxygen atoms in total. The number of rotatable bonds is 6. The number of nitrogens with one attached hydrogen (secondary N) is 1. The summed E-state index contributed by atoms with van der Waals surface area (Å²) in [4.78, 5) is 15.2. The standard InChI is InChI=1S/C17H20ClF3N2O3S/c1-5-6-7-16(23-27(25)15(2,3)4)9-26-12-10(16)8-11(22-14(12)18)13(24)17(19,20)21/h5,8,23H,1,6-7,9H2,2-4H3. The monoisotopic (exact) mass is 424 g/mol. The molecule has 2 unspecified atom stereocenters. The molecule has 0 saturated carbocycles. The number of fused-ring (bicyclic) bond motifs is 1. The molecule has 0 saturated heterocycles. The molecule has 2 heterocycles. The van der Waals surface area contributed by atoms with E-state index in [-0.39, 0.29) is 23.1 Å². The van der Waals surface area contributed by atoms with Crippen LogP contribution in [0.2, 0.25) is 5.15 Å². The number of aromatic nitrogens is 1. The van der Waals surface area contributed by atoms with E-state index in [1.807, 2.05) is 0 Å². The number of alkyl halides is 3. The van der Waals surface area contributed by atoms with Gasteiger partial charge in [-0.2, -0.15) is 13.2 Å². The average Bonchev–Trinajstić information content (AvgIpc) is 2.90. The summed E-state index contributed by atoms with van der Waals surface area (Å²) in [5.74, 6) is -2.02. The number of halogens is 4. The maximum atomic E-state index is 12.8. The second-order valence-corrected chi connectivity index (χ2v) is 9.51. The van der Waals surface area contributed by atoms with Crippen LogP contribution in [0.3, 0.4) is 0 Å². The number of pyridine rings is 1. The molecule has 1 aromatic rings. The fourth-order valence-corrected chi connectivity index (χ4v) is 3.73. The molecule has 10 heteroatoms. The summed E-state index contributed by atoms with van der Waals surface area (Å²) in [5.41, 5.74) is -1.69. The van der Waals surface area contributed by atoms with Crippen molar-refractivity contribution in [2.24, 2.45) is 0 Å². The Bertz CT molecular complexity index is 752. The van der Waals surface area contributed by atoms with Crippen LogP contribution in [0.1, 0.15) is 49.7 Å². The van der Waals surface area contributed by atoms with Gasteiger partial charge in [-0.3, -0.25) is 4.79 Å². The van der Waals surface area contributed by atoms with Crippen LogP contribution in [0.15, 0.2) is 18.7 Å². The van der Waals surface area contributed by atoms with Crippen LogP contribution < -0.4 is 9.46 Å². The minimum absolute atomic E-state index is 0.0109. The summed E-state index contributed by atoms with van der Waals surface area (Å²) in [7, 11) is 0. The SMILES string of the molecule is C=CCCC1(N[S+]([O-])C(C)(C)C)COc2c1cc(C(=O)C(F)(F)F)nc2Cl. The van der Waals surface area contributed by atoms with Crippen LogP contribution >= 0.6 is 11.6 Å². The molecular weight excluding hydrogens is 405 g/mol. The van der Waals surface area contributed by atoms with Crippen LogP contribution in [-0.2, 0) is 16.9 Å². The summed E-state index contributed by atoms with van der Waals surface area (Å²) >= 11 is 4.42. The van der Waals surface area contributed by atoms with Crippen LogP contribution in [0.5, 0.6) is 5.75 Å². The number of allylic oxidation sites excluding steroid dienone is 1. The maximum absolute atomic E-state index is 12.8. The van der Waals surface area contributed by atoms with Crippen LogP contribution in [0, 0.1) is 0 Å². The highest BCUT2D eigenvalue weighted by Crippen LogP contribution is 2.45. The van der Waals surface area contributed by atoms with Crippen molar-refractivity contribution in [1.29, 1.82) is 0 Å². The first kappa shape index (κ1) is 22.0. The zero-order chi connectivity index (χ0) is 20.6. The molecule has 0 amide bonds. The number of nitrogens with zero attached hydrogens (tertiary/aromatic N) is 1. The fourth-order valence-electron chi connectivity index (χ4n) is 2.55. The van der Waals surface area contributed by atoms with Crippen molar-refractivity contribution >= 4 is 28.7 Å². The highest BCUT2D eigenvalue weighted by molar-refractivity contribution is 7.90. The first-order valence-electron chi connectivity index (χ1n) is 8.08. The van der Waals surface area contributed by atoms with E-state index in [0.717, 1.165) is 6.07 Å². The number of carbonyl (C=O) groups excluding carboxylic acids is 1. The number of ketones is 1. The van der Waals surface area contributed by atoms with E-state index in [2.05, 4.69) is 16.3 Å². The molecule has 0 aromatic carbocycles.